The van der Waals surface area contributed by atoms with Crippen molar-refractivity contribution in [3.05, 3.63) is 16.7 Å². The van der Waals surface area contributed by atoms with Gasteiger partial charge in [-0.1, -0.05) is 0 Å². The van der Waals surface area contributed by atoms with E-state index in [2.05, 4.69) is 22.6 Å². The molecule has 4 nitrogen and oxygen atoms in total. The Hall–Kier alpha value is -0.970. The summed E-state index contributed by atoms with van der Waals surface area (Å²) in [5.41, 5.74) is -0.439. The maximum atomic E-state index is 10.5. The van der Waals surface area contributed by atoms with E-state index in [4.69, 9.17) is 5.11 Å². The SMILES string of the molecule is O=c1[nH]cnc(O)c1S. The number of aromatic hydroxyl groups is 1. The maximum absolute atomic E-state index is 10.5. The molecule has 0 aliphatic carbocycles. The Labute approximate surface area is 56.0 Å². The maximum Gasteiger partial charge on any atom is 0.268 e. The van der Waals surface area contributed by atoms with Crippen LogP contribution in [0.15, 0.2) is 16.0 Å². The Balaban J connectivity index is 3.43. The third kappa shape index (κ3) is 1.05. The summed E-state index contributed by atoms with van der Waals surface area (Å²) in [5, 5.41) is 8.69. The molecule has 0 aliphatic heterocycles. The lowest BCUT2D eigenvalue weighted by Crippen LogP contribution is -2.06. The highest BCUT2D eigenvalue weighted by atomic mass is 32.1. The summed E-state index contributed by atoms with van der Waals surface area (Å²) in [6, 6.07) is 0. The average Bonchev–Trinajstić information content (AvgIpc) is 1.83. The molecule has 0 aliphatic rings. The van der Waals surface area contributed by atoms with Crippen molar-refractivity contribution in [3.63, 3.8) is 0 Å². The summed E-state index contributed by atoms with van der Waals surface area (Å²) in [4.78, 5) is 16.1. The number of H-pyrrole nitrogens is 1. The van der Waals surface area contributed by atoms with E-state index in [9.17, 15) is 4.79 Å². The highest BCUT2D eigenvalue weighted by Gasteiger charge is 1.98. The van der Waals surface area contributed by atoms with Crippen LogP contribution in [0.2, 0.25) is 0 Å². The van der Waals surface area contributed by atoms with Crippen molar-refractivity contribution >= 4 is 12.6 Å². The molecule has 0 radical (unpaired) electrons. The Kier molecular flexibility index (Phi) is 1.44. The second-order valence-corrected chi connectivity index (χ2v) is 1.85. The van der Waals surface area contributed by atoms with Gasteiger partial charge in [0, 0.05) is 0 Å². The number of aromatic nitrogens is 2. The van der Waals surface area contributed by atoms with Crippen molar-refractivity contribution in [2.45, 2.75) is 4.90 Å². The lowest BCUT2D eigenvalue weighted by atomic mass is 10.6. The predicted octanol–water partition coefficient (Wildman–Crippen LogP) is -0.236. The van der Waals surface area contributed by atoms with Gasteiger partial charge in [-0.25, -0.2) is 4.98 Å². The van der Waals surface area contributed by atoms with E-state index in [1.807, 2.05) is 0 Å². The standard InChI is InChI=1S/C4H4N2O2S/c7-3-2(9)4(8)6-1-5-3/h1,9H,(H2,5,6,7,8). The zero-order valence-corrected chi connectivity index (χ0v) is 5.22. The normalized spacial score (nSPS) is 9.44. The van der Waals surface area contributed by atoms with E-state index >= 15 is 0 Å². The summed E-state index contributed by atoms with van der Waals surface area (Å²) in [5.74, 6) is -0.345. The Morgan fingerprint density at radius 3 is 2.89 bits per heavy atom. The smallest absolute Gasteiger partial charge is 0.268 e. The van der Waals surface area contributed by atoms with Crippen LogP contribution in [0, 0.1) is 0 Å². The first kappa shape index (κ1) is 6.15. The first-order valence-electron chi connectivity index (χ1n) is 2.17. The molecule has 0 atom stereocenters. The van der Waals surface area contributed by atoms with Gasteiger partial charge in [-0.15, -0.1) is 12.6 Å². The van der Waals surface area contributed by atoms with Crippen molar-refractivity contribution in [2.75, 3.05) is 0 Å². The second kappa shape index (κ2) is 2.10. The molecule has 0 amide bonds. The Morgan fingerprint density at radius 2 is 2.44 bits per heavy atom. The molecule has 0 saturated heterocycles. The topological polar surface area (TPSA) is 66.0 Å². The fraction of sp³-hybridized carbons (Fsp3) is 0. The number of aromatic amines is 1. The van der Waals surface area contributed by atoms with E-state index < -0.39 is 5.56 Å². The van der Waals surface area contributed by atoms with E-state index in [-0.39, 0.29) is 10.8 Å². The molecule has 0 aromatic carbocycles. The van der Waals surface area contributed by atoms with Crippen LogP contribution in [0.4, 0.5) is 0 Å². The number of nitrogens with zero attached hydrogens (tertiary/aromatic N) is 1. The molecule has 0 fully saturated rings. The lowest BCUT2D eigenvalue weighted by molar-refractivity contribution is 0.436. The number of thiol groups is 1. The zero-order chi connectivity index (χ0) is 6.85. The third-order valence-electron chi connectivity index (χ3n) is 0.809. The van der Waals surface area contributed by atoms with Gasteiger partial charge >= 0.3 is 0 Å². The van der Waals surface area contributed by atoms with Crippen molar-refractivity contribution in [1.29, 1.82) is 0 Å². The minimum absolute atomic E-state index is 0.0579. The lowest BCUT2D eigenvalue weighted by Gasteiger charge is -1.89. The van der Waals surface area contributed by atoms with Gasteiger partial charge in [-0.2, -0.15) is 0 Å². The van der Waals surface area contributed by atoms with Crippen LogP contribution in [0.3, 0.4) is 0 Å². The van der Waals surface area contributed by atoms with Crippen molar-refractivity contribution in [1.82, 2.24) is 9.97 Å². The molecular formula is C4H4N2O2S. The van der Waals surface area contributed by atoms with Gasteiger partial charge in [-0.05, 0) is 0 Å². The predicted molar refractivity (Wildman–Crippen MR) is 33.8 cm³/mol. The first-order valence-corrected chi connectivity index (χ1v) is 2.62. The van der Waals surface area contributed by atoms with Crippen LogP contribution in [0.5, 0.6) is 5.88 Å². The molecule has 0 saturated carbocycles. The molecule has 48 valence electrons. The van der Waals surface area contributed by atoms with Gasteiger partial charge in [0.1, 0.15) is 4.90 Å². The fourth-order valence-corrected chi connectivity index (χ4v) is 0.505. The summed E-state index contributed by atoms with van der Waals surface area (Å²) < 4.78 is 0. The van der Waals surface area contributed by atoms with Gasteiger partial charge < -0.3 is 10.1 Å². The molecule has 2 N–H and O–H groups in total. The van der Waals surface area contributed by atoms with Gasteiger partial charge in [0.25, 0.3) is 5.56 Å². The summed E-state index contributed by atoms with van der Waals surface area (Å²) in [6.07, 6.45) is 1.11. The van der Waals surface area contributed by atoms with Crippen LogP contribution in [0.25, 0.3) is 0 Å². The molecule has 1 rings (SSSR count). The molecular weight excluding hydrogens is 140 g/mol. The van der Waals surface area contributed by atoms with Crippen molar-refractivity contribution in [2.24, 2.45) is 0 Å². The Bertz CT molecular complexity index is 270. The fourth-order valence-electron chi connectivity index (χ4n) is 0.383. The molecule has 1 heterocycles. The first-order chi connectivity index (χ1) is 4.22. The quantitative estimate of drug-likeness (QED) is 0.440. The highest BCUT2D eigenvalue weighted by molar-refractivity contribution is 7.80. The van der Waals surface area contributed by atoms with E-state index in [0.717, 1.165) is 6.33 Å². The number of hydrogen-bond acceptors (Lipinski definition) is 4. The van der Waals surface area contributed by atoms with E-state index in [0.29, 0.717) is 0 Å². The molecule has 5 heteroatoms. The summed E-state index contributed by atoms with van der Waals surface area (Å²) in [6.45, 7) is 0. The third-order valence-corrected chi connectivity index (χ3v) is 1.21. The van der Waals surface area contributed by atoms with Gasteiger partial charge in [0.15, 0.2) is 0 Å². The molecule has 0 unspecified atom stereocenters. The second-order valence-electron chi connectivity index (χ2n) is 1.40. The van der Waals surface area contributed by atoms with Crippen LogP contribution < -0.4 is 5.56 Å². The van der Waals surface area contributed by atoms with Gasteiger partial charge in [0.05, 0.1) is 6.33 Å². The monoisotopic (exact) mass is 144 g/mol. The highest BCUT2D eigenvalue weighted by Crippen LogP contribution is 2.08. The number of rotatable bonds is 0. The molecule has 0 spiro atoms. The minimum atomic E-state index is -0.439. The van der Waals surface area contributed by atoms with E-state index in [1.165, 1.54) is 0 Å². The number of hydrogen-bond donors (Lipinski definition) is 3. The average molecular weight is 144 g/mol. The van der Waals surface area contributed by atoms with Crippen molar-refractivity contribution in [3.8, 4) is 5.88 Å². The van der Waals surface area contributed by atoms with Crippen LogP contribution >= 0.6 is 12.6 Å². The summed E-state index contributed by atoms with van der Waals surface area (Å²) >= 11 is 3.65. The molecule has 9 heavy (non-hydrogen) atoms. The van der Waals surface area contributed by atoms with Crippen LogP contribution in [0.1, 0.15) is 0 Å². The summed E-state index contributed by atoms with van der Waals surface area (Å²) in [7, 11) is 0. The molecule has 1 aromatic heterocycles. The molecule has 1 aromatic rings. The zero-order valence-electron chi connectivity index (χ0n) is 4.33. The Morgan fingerprint density at radius 1 is 1.78 bits per heavy atom. The van der Waals surface area contributed by atoms with Gasteiger partial charge in [0.2, 0.25) is 5.88 Å². The van der Waals surface area contributed by atoms with E-state index in [1.54, 1.807) is 0 Å². The van der Waals surface area contributed by atoms with Gasteiger partial charge in [-0.3, -0.25) is 4.79 Å². The van der Waals surface area contributed by atoms with Crippen LogP contribution in [-0.4, -0.2) is 15.1 Å². The minimum Gasteiger partial charge on any atom is -0.492 e. The van der Waals surface area contributed by atoms with Crippen molar-refractivity contribution < 1.29 is 5.11 Å². The molecule has 0 bridgehead atoms. The van der Waals surface area contributed by atoms with Crippen LogP contribution in [-0.2, 0) is 0 Å². The largest absolute Gasteiger partial charge is 0.492 e. The number of nitrogens with one attached hydrogen (secondary N) is 1.